The first-order valence-electron chi connectivity index (χ1n) is 10.1. The van der Waals surface area contributed by atoms with Crippen molar-refractivity contribution in [2.45, 2.75) is 56.6 Å². The van der Waals surface area contributed by atoms with Gasteiger partial charge in [0.1, 0.15) is 11.6 Å². The van der Waals surface area contributed by atoms with E-state index in [1.54, 1.807) is 10.7 Å². The van der Waals surface area contributed by atoms with Crippen molar-refractivity contribution >= 4 is 33.1 Å². The minimum absolute atomic E-state index is 0.0247. The molecule has 9 nitrogen and oxygen atoms in total. The Kier molecular flexibility index (Phi) is 5.43. The molecule has 2 N–H and O–H groups in total. The van der Waals surface area contributed by atoms with E-state index in [0.717, 1.165) is 37.6 Å². The minimum atomic E-state index is -3.35. The van der Waals surface area contributed by atoms with Crippen molar-refractivity contribution in [2.24, 2.45) is 0 Å². The molecular weight excluding hydrogens is 428 g/mol. The monoisotopic (exact) mass is 452 g/mol. The van der Waals surface area contributed by atoms with Crippen LogP contribution in [0.4, 0.5) is 5.95 Å². The van der Waals surface area contributed by atoms with Gasteiger partial charge in [0.05, 0.1) is 40.9 Å². The molecule has 0 unspecified atom stereocenters. The van der Waals surface area contributed by atoms with Crippen molar-refractivity contribution in [3.8, 4) is 6.07 Å². The van der Waals surface area contributed by atoms with Gasteiger partial charge < -0.3 is 10.4 Å². The molecule has 0 bridgehead atoms. The molecule has 0 spiro atoms. The Hall–Kier alpha value is -1.93. The van der Waals surface area contributed by atoms with Crippen molar-refractivity contribution in [3.63, 3.8) is 0 Å². The second kappa shape index (κ2) is 7.64. The van der Waals surface area contributed by atoms with E-state index < -0.39 is 16.1 Å². The van der Waals surface area contributed by atoms with Crippen molar-refractivity contribution in [1.82, 2.24) is 18.9 Å². The number of anilines is 1. The van der Waals surface area contributed by atoms with Crippen molar-refractivity contribution in [1.29, 1.82) is 5.26 Å². The maximum Gasteiger partial charge on any atom is 0.241 e. The molecule has 1 aliphatic carbocycles. The number of fused-ring (bicyclic) bond motifs is 1. The third kappa shape index (κ3) is 3.43. The van der Waals surface area contributed by atoms with Crippen LogP contribution in [0.15, 0.2) is 6.20 Å². The van der Waals surface area contributed by atoms with E-state index in [2.05, 4.69) is 28.4 Å². The zero-order chi connectivity index (χ0) is 21.7. The fourth-order valence-electron chi connectivity index (χ4n) is 4.57. The van der Waals surface area contributed by atoms with Crippen LogP contribution >= 0.6 is 11.6 Å². The Morgan fingerprint density at radius 3 is 2.73 bits per heavy atom. The van der Waals surface area contributed by atoms with Gasteiger partial charge >= 0.3 is 0 Å². The lowest BCUT2D eigenvalue weighted by atomic mass is 9.64. The number of aromatic nitrogens is 3. The number of halogens is 1. The molecule has 2 atom stereocenters. The van der Waals surface area contributed by atoms with Crippen LogP contribution in [-0.4, -0.2) is 63.9 Å². The summed E-state index contributed by atoms with van der Waals surface area (Å²) in [5, 5.41) is 28.3. The molecule has 2 fully saturated rings. The number of aliphatic hydroxyl groups excluding tert-OH is 1. The Balaban J connectivity index is 1.67. The molecule has 0 radical (unpaired) electrons. The molecule has 1 aliphatic heterocycles. The molecular formula is C19H25ClN6O3S. The number of nitriles is 1. The molecule has 4 rings (SSSR count). The average molecular weight is 453 g/mol. The fourth-order valence-corrected chi connectivity index (χ4v) is 5.69. The Morgan fingerprint density at radius 2 is 2.20 bits per heavy atom. The lowest BCUT2D eigenvalue weighted by Gasteiger charge is -2.41. The maximum absolute atomic E-state index is 11.7. The summed E-state index contributed by atoms with van der Waals surface area (Å²) < 4.78 is 26.4. The van der Waals surface area contributed by atoms with E-state index in [1.807, 2.05) is 0 Å². The topological polar surface area (TPSA) is 124 Å². The number of piperidine rings is 1. The van der Waals surface area contributed by atoms with Gasteiger partial charge in [0, 0.05) is 18.5 Å². The third-order valence-corrected chi connectivity index (χ3v) is 8.21. The number of β-amino-alcohol motifs (C(OH)–C–C–N with tert-alkyl or cyclic N) is 1. The number of nitrogens with one attached hydrogen (secondary N) is 1. The molecule has 3 heterocycles. The summed E-state index contributed by atoms with van der Waals surface area (Å²) >= 11 is 6.49. The molecule has 30 heavy (non-hydrogen) atoms. The number of nitrogens with zero attached hydrogens (tertiary/aromatic N) is 5. The number of rotatable bonds is 5. The number of hydrogen-bond acceptors (Lipinski definition) is 7. The second-order valence-electron chi connectivity index (χ2n) is 8.24. The van der Waals surface area contributed by atoms with Crippen LogP contribution in [0.3, 0.4) is 0 Å². The van der Waals surface area contributed by atoms with Gasteiger partial charge in [-0.3, -0.25) is 0 Å². The number of aliphatic hydroxyl groups is 1. The predicted molar refractivity (Wildman–Crippen MR) is 113 cm³/mol. The molecule has 1 saturated heterocycles. The van der Waals surface area contributed by atoms with Gasteiger partial charge in [0.2, 0.25) is 16.0 Å². The highest BCUT2D eigenvalue weighted by atomic mass is 35.5. The van der Waals surface area contributed by atoms with Crippen LogP contribution in [0.25, 0.3) is 5.52 Å². The zero-order valence-corrected chi connectivity index (χ0v) is 18.5. The summed E-state index contributed by atoms with van der Waals surface area (Å²) in [6.45, 7) is 2.45. The van der Waals surface area contributed by atoms with Crippen LogP contribution in [0, 0.1) is 11.3 Å². The van der Waals surface area contributed by atoms with Crippen molar-refractivity contribution in [2.75, 3.05) is 24.7 Å². The molecule has 1 saturated carbocycles. The van der Waals surface area contributed by atoms with Crippen molar-refractivity contribution in [3.05, 3.63) is 22.5 Å². The Bertz CT molecular complexity index is 1120. The highest BCUT2D eigenvalue weighted by molar-refractivity contribution is 7.88. The third-order valence-electron chi connectivity index (χ3n) is 6.55. The standard InChI is InChI=1S/C19H25ClN6O3S/c1-3-19(6-4-7-19)17-12(9-21)16(20)14-10-22-18(24-26(14)17)23-13-5-8-25(11-15(13)27)30(2,28)29/h10,13,15,27H,3-8,11H2,1-2H3,(H,23,24)/t13-,15+/m0/s1. The lowest BCUT2D eigenvalue weighted by Crippen LogP contribution is -2.51. The summed E-state index contributed by atoms with van der Waals surface area (Å²) in [6.07, 6.45) is 6.22. The second-order valence-corrected chi connectivity index (χ2v) is 10.6. The fraction of sp³-hybridized carbons (Fsp3) is 0.632. The summed E-state index contributed by atoms with van der Waals surface area (Å²) in [6, 6.07) is 1.86. The largest absolute Gasteiger partial charge is 0.390 e. The minimum Gasteiger partial charge on any atom is -0.390 e. The summed E-state index contributed by atoms with van der Waals surface area (Å²) in [5.74, 6) is 0.308. The first-order chi connectivity index (χ1) is 14.2. The first-order valence-corrected chi connectivity index (χ1v) is 12.3. The van der Waals surface area contributed by atoms with E-state index in [1.165, 1.54) is 4.31 Å². The van der Waals surface area contributed by atoms with Gasteiger partial charge in [-0.2, -0.15) is 9.57 Å². The smallest absolute Gasteiger partial charge is 0.241 e. The van der Waals surface area contributed by atoms with Gasteiger partial charge in [0.25, 0.3) is 0 Å². The van der Waals surface area contributed by atoms with Crippen LogP contribution in [0.1, 0.15) is 50.3 Å². The van der Waals surface area contributed by atoms with Crippen LogP contribution in [-0.2, 0) is 15.4 Å². The summed E-state index contributed by atoms with van der Waals surface area (Å²) in [5.41, 5.74) is 1.75. The van der Waals surface area contributed by atoms with E-state index in [4.69, 9.17) is 11.6 Å². The molecule has 0 aromatic carbocycles. The van der Waals surface area contributed by atoms with E-state index in [0.29, 0.717) is 35.0 Å². The molecule has 11 heteroatoms. The van der Waals surface area contributed by atoms with Gasteiger partial charge in [-0.15, -0.1) is 5.10 Å². The lowest BCUT2D eigenvalue weighted by molar-refractivity contribution is 0.0950. The normalized spacial score (nSPS) is 24.4. The summed E-state index contributed by atoms with van der Waals surface area (Å²) in [4.78, 5) is 4.32. The number of hydrogen-bond donors (Lipinski definition) is 2. The maximum atomic E-state index is 11.7. The first kappa shape index (κ1) is 21.3. The van der Waals surface area contributed by atoms with Gasteiger partial charge in [-0.1, -0.05) is 24.9 Å². The highest BCUT2D eigenvalue weighted by Gasteiger charge is 2.43. The van der Waals surface area contributed by atoms with E-state index >= 15 is 0 Å². The quantitative estimate of drug-likeness (QED) is 0.709. The predicted octanol–water partition coefficient (Wildman–Crippen LogP) is 1.89. The highest BCUT2D eigenvalue weighted by Crippen LogP contribution is 2.49. The molecule has 2 aromatic heterocycles. The van der Waals surface area contributed by atoms with Crippen LogP contribution in [0.2, 0.25) is 5.02 Å². The van der Waals surface area contributed by atoms with Crippen LogP contribution < -0.4 is 5.32 Å². The molecule has 162 valence electrons. The number of sulfonamides is 1. The molecule has 2 aromatic rings. The van der Waals surface area contributed by atoms with E-state index in [9.17, 15) is 18.8 Å². The Morgan fingerprint density at radius 1 is 1.47 bits per heavy atom. The average Bonchev–Trinajstić information content (AvgIpc) is 2.94. The summed E-state index contributed by atoms with van der Waals surface area (Å²) in [7, 11) is -3.35. The van der Waals surface area contributed by atoms with Gasteiger partial charge in [-0.05, 0) is 25.7 Å². The molecule has 2 aliphatic rings. The Labute approximate surface area is 180 Å². The van der Waals surface area contributed by atoms with E-state index in [-0.39, 0.29) is 18.0 Å². The van der Waals surface area contributed by atoms with Crippen molar-refractivity contribution < 1.29 is 13.5 Å². The van der Waals surface area contributed by atoms with Gasteiger partial charge in [-0.25, -0.2) is 17.9 Å². The SMILES string of the molecule is CCC1(c2c(C#N)c(Cl)c3cnc(N[C@H]4CCN(S(C)(=O)=O)C[C@H]4O)nn23)CCC1. The zero-order valence-electron chi connectivity index (χ0n) is 17.0. The van der Waals surface area contributed by atoms with Gasteiger partial charge in [0.15, 0.2) is 0 Å². The molecule has 0 amide bonds. The van der Waals surface area contributed by atoms with Crippen LogP contribution in [0.5, 0.6) is 0 Å².